The van der Waals surface area contributed by atoms with Gasteiger partial charge < -0.3 is 20.9 Å². The van der Waals surface area contributed by atoms with Crippen LogP contribution in [0.4, 0.5) is 10.2 Å². The van der Waals surface area contributed by atoms with Crippen molar-refractivity contribution in [3.05, 3.63) is 59.9 Å². The van der Waals surface area contributed by atoms with Crippen LogP contribution in [0.2, 0.25) is 0 Å². The topological polar surface area (TPSA) is 80.4 Å². The number of fused-ring (bicyclic) bond motifs is 1. The summed E-state index contributed by atoms with van der Waals surface area (Å²) in [7, 11) is 0. The summed E-state index contributed by atoms with van der Waals surface area (Å²) < 4.78 is 20.1. The van der Waals surface area contributed by atoms with Crippen LogP contribution < -0.4 is 11.1 Å². The largest absolute Gasteiger partial charge is 0.396 e. The number of benzene rings is 2. The number of pyridine rings is 1. The minimum absolute atomic E-state index is 0.122. The van der Waals surface area contributed by atoms with Crippen LogP contribution >= 0.6 is 0 Å². The first-order valence-corrected chi connectivity index (χ1v) is 12.7. The molecule has 5 nitrogen and oxygen atoms in total. The van der Waals surface area contributed by atoms with Crippen molar-refractivity contribution in [2.75, 3.05) is 38.6 Å². The smallest absolute Gasteiger partial charge is 0.131 e. The van der Waals surface area contributed by atoms with Gasteiger partial charge in [-0.05, 0) is 79.5 Å². The van der Waals surface area contributed by atoms with Crippen LogP contribution in [-0.2, 0) is 4.74 Å². The molecule has 188 valence electrons. The molecule has 4 rings (SSSR count). The second kappa shape index (κ2) is 11.5. The lowest BCUT2D eigenvalue weighted by molar-refractivity contribution is 0.0565. The van der Waals surface area contributed by atoms with Gasteiger partial charge in [0, 0.05) is 42.7 Å². The van der Waals surface area contributed by atoms with E-state index in [1.54, 1.807) is 12.1 Å². The van der Waals surface area contributed by atoms with E-state index in [1.165, 1.54) is 6.07 Å². The normalized spacial score (nSPS) is 16.0. The van der Waals surface area contributed by atoms with Crippen molar-refractivity contribution in [3.63, 3.8) is 0 Å². The van der Waals surface area contributed by atoms with E-state index in [9.17, 15) is 9.50 Å². The van der Waals surface area contributed by atoms with E-state index in [2.05, 4.69) is 25.2 Å². The number of nitrogens with two attached hydrogens (primary N) is 1. The van der Waals surface area contributed by atoms with E-state index in [0.717, 1.165) is 74.0 Å². The lowest BCUT2D eigenvalue weighted by Gasteiger charge is -2.31. The third-order valence-electron chi connectivity index (χ3n) is 7.19. The van der Waals surface area contributed by atoms with Gasteiger partial charge in [0.05, 0.1) is 5.52 Å². The quantitative estimate of drug-likeness (QED) is 0.334. The Balaban J connectivity index is 1.59. The summed E-state index contributed by atoms with van der Waals surface area (Å²) in [5.41, 5.74) is 9.75. The third kappa shape index (κ3) is 6.37. The number of anilines is 1. The number of nitrogens with zero attached hydrogens (tertiary/aromatic N) is 1. The maximum Gasteiger partial charge on any atom is 0.131 e. The van der Waals surface area contributed by atoms with Gasteiger partial charge in [-0.15, -0.1) is 0 Å². The number of nitrogen functional groups attached to an aromatic ring is 1. The molecule has 0 aliphatic carbocycles. The molecule has 1 aromatic heterocycles. The molecular formula is C29H38FN3O2. The van der Waals surface area contributed by atoms with Crippen LogP contribution in [-0.4, -0.2) is 43.0 Å². The molecule has 0 amide bonds. The highest BCUT2D eigenvalue weighted by atomic mass is 19.1. The van der Waals surface area contributed by atoms with Crippen molar-refractivity contribution in [2.24, 2.45) is 11.3 Å². The fourth-order valence-electron chi connectivity index (χ4n) is 5.06. The van der Waals surface area contributed by atoms with E-state index >= 15 is 0 Å². The highest BCUT2D eigenvalue weighted by Gasteiger charge is 2.27. The molecule has 2 heterocycles. The summed E-state index contributed by atoms with van der Waals surface area (Å²) in [6.07, 6.45) is 4.04. The van der Waals surface area contributed by atoms with Crippen LogP contribution in [0.25, 0.3) is 22.0 Å². The number of rotatable bonds is 10. The fraction of sp³-hybridized carbons (Fsp3) is 0.483. The van der Waals surface area contributed by atoms with Crippen molar-refractivity contribution >= 4 is 16.7 Å². The Morgan fingerprint density at radius 1 is 1.17 bits per heavy atom. The molecule has 35 heavy (non-hydrogen) atoms. The molecular weight excluding hydrogens is 441 g/mol. The van der Waals surface area contributed by atoms with Crippen molar-refractivity contribution in [1.82, 2.24) is 10.3 Å². The Kier molecular flexibility index (Phi) is 8.37. The van der Waals surface area contributed by atoms with Gasteiger partial charge in [0.15, 0.2) is 0 Å². The predicted octanol–water partition coefficient (Wildman–Crippen LogP) is 5.52. The fourth-order valence-corrected chi connectivity index (χ4v) is 5.06. The second-order valence-corrected chi connectivity index (χ2v) is 10.5. The summed E-state index contributed by atoms with van der Waals surface area (Å²) >= 11 is 0. The number of hydrogen-bond acceptors (Lipinski definition) is 5. The van der Waals surface area contributed by atoms with Crippen molar-refractivity contribution < 1.29 is 14.2 Å². The Morgan fingerprint density at radius 3 is 2.69 bits per heavy atom. The molecule has 1 saturated heterocycles. The van der Waals surface area contributed by atoms with E-state index in [1.807, 2.05) is 24.3 Å². The molecule has 1 fully saturated rings. The molecule has 1 unspecified atom stereocenters. The maximum atomic E-state index is 14.4. The predicted molar refractivity (Wildman–Crippen MR) is 141 cm³/mol. The number of halogens is 1. The highest BCUT2D eigenvalue weighted by Crippen LogP contribution is 2.39. The molecule has 1 aliphatic heterocycles. The van der Waals surface area contributed by atoms with Crippen LogP contribution in [0.5, 0.6) is 0 Å². The van der Waals surface area contributed by atoms with Crippen molar-refractivity contribution in [3.8, 4) is 11.1 Å². The van der Waals surface area contributed by atoms with Gasteiger partial charge in [0.25, 0.3) is 0 Å². The first kappa shape index (κ1) is 25.5. The lowest BCUT2D eigenvalue weighted by Crippen LogP contribution is -2.33. The van der Waals surface area contributed by atoms with E-state index in [-0.39, 0.29) is 17.8 Å². The summed E-state index contributed by atoms with van der Waals surface area (Å²) in [6.45, 7) is 7.51. The number of aliphatic hydroxyl groups is 1. The summed E-state index contributed by atoms with van der Waals surface area (Å²) in [6, 6.07) is 14.9. The Morgan fingerprint density at radius 2 is 1.94 bits per heavy atom. The number of aromatic nitrogens is 1. The first-order chi connectivity index (χ1) is 16.9. The van der Waals surface area contributed by atoms with Crippen molar-refractivity contribution in [1.29, 1.82) is 0 Å². The van der Waals surface area contributed by atoms with Gasteiger partial charge >= 0.3 is 0 Å². The van der Waals surface area contributed by atoms with Crippen LogP contribution in [0.1, 0.15) is 51.0 Å². The molecule has 1 atom stereocenters. The molecule has 6 heteroatoms. The lowest BCUT2D eigenvalue weighted by atomic mass is 9.78. The van der Waals surface area contributed by atoms with E-state index < -0.39 is 0 Å². The average molecular weight is 480 g/mol. The monoisotopic (exact) mass is 479 g/mol. The second-order valence-electron chi connectivity index (χ2n) is 10.5. The zero-order chi connectivity index (χ0) is 24.8. The molecule has 0 spiro atoms. The molecule has 0 bridgehead atoms. The Labute approximate surface area is 207 Å². The van der Waals surface area contributed by atoms with E-state index in [0.29, 0.717) is 23.2 Å². The van der Waals surface area contributed by atoms with Gasteiger partial charge in [0.1, 0.15) is 11.6 Å². The van der Waals surface area contributed by atoms with Gasteiger partial charge in [-0.1, -0.05) is 38.1 Å². The number of hydrogen-bond donors (Lipinski definition) is 3. The SMILES string of the molecule is CC(C)(CO)CNCCCC(c1cc2cc(-c3ccccc3F)ccc2nc1N)C1CCOCC1. The van der Waals surface area contributed by atoms with Crippen LogP contribution in [0, 0.1) is 17.2 Å². The standard InChI is InChI=1S/C29H38FN3O2/c1-29(2,19-34)18-32-13-5-7-23(20-11-14-35-15-12-20)25-17-22-16-21(9-10-27(22)33-28(25)31)24-6-3-4-8-26(24)30/h3-4,6,8-10,16-17,20,23,32,34H,5,7,11-15,18-19H2,1-2H3,(H2,31,33). The van der Waals surface area contributed by atoms with Crippen molar-refractivity contribution in [2.45, 2.75) is 45.4 Å². The van der Waals surface area contributed by atoms with Gasteiger partial charge in [-0.2, -0.15) is 0 Å². The van der Waals surface area contributed by atoms with Gasteiger partial charge in [0.2, 0.25) is 0 Å². The number of nitrogens with one attached hydrogen (secondary N) is 1. The maximum absolute atomic E-state index is 14.4. The average Bonchev–Trinajstić information content (AvgIpc) is 2.87. The zero-order valence-corrected chi connectivity index (χ0v) is 20.9. The summed E-state index contributed by atoms with van der Waals surface area (Å²) in [5, 5.41) is 14.0. The Bertz CT molecular complexity index is 1130. The molecule has 0 saturated carbocycles. The third-order valence-corrected chi connectivity index (χ3v) is 7.19. The molecule has 4 N–H and O–H groups in total. The van der Waals surface area contributed by atoms with Gasteiger partial charge in [-0.3, -0.25) is 0 Å². The molecule has 0 radical (unpaired) electrons. The highest BCUT2D eigenvalue weighted by molar-refractivity contribution is 5.86. The first-order valence-electron chi connectivity index (χ1n) is 12.7. The minimum atomic E-state index is -0.229. The van der Waals surface area contributed by atoms with Crippen LogP contribution in [0.3, 0.4) is 0 Å². The number of ether oxygens (including phenoxy) is 1. The minimum Gasteiger partial charge on any atom is -0.396 e. The molecule has 3 aromatic rings. The number of aliphatic hydroxyl groups excluding tert-OH is 1. The van der Waals surface area contributed by atoms with Gasteiger partial charge in [-0.25, -0.2) is 9.37 Å². The zero-order valence-electron chi connectivity index (χ0n) is 20.9. The van der Waals surface area contributed by atoms with E-state index in [4.69, 9.17) is 15.5 Å². The molecule has 1 aliphatic rings. The van der Waals surface area contributed by atoms with Crippen LogP contribution in [0.15, 0.2) is 48.5 Å². The Hall–Kier alpha value is -2.54. The summed E-state index contributed by atoms with van der Waals surface area (Å²) in [5.74, 6) is 1.14. The molecule has 2 aromatic carbocycles. The summed E-state index contributed by atoms with van der Waals surface area (Å²) in [4.78, 5) is 4.75.